The van der Waals surface area contributed by atoms with Gasteiger partial charge in [0.2, 0.25) is 0 Å². The van der Waals surface area contributed by atoms with E-state index in [0.717, 1.165) is 4.90 Å². The maximum Gasteiger partial charge on any atom is 0.339 e. The number of nitrogens with one attached hydrogen (secondary N) is 1. The number of thioether (sulfide) groups is 1. The SMILES string of the molecule is CC(O)CC(C)(C)CNC(=O)c1ccccc1SCc1occc1C(=O)O. The molecule has 7 heteroatoms. The molecule has 0 aliphatic carbocycles. The lowest BCUT2D eigenvalue weighted by Crippen LogP contribution is -2.35. The second-order valence-corrected chi connectivity index (χ2v) is 8.26. The van der Waals surface area contributed by atoms with E-state index in [1.807, 2.05) is 26.0 Å². The molecule has 1 amide bonds. The molecule has 1 aromatic heterocycles. The fourth-order valence-corrected chi connectivity index (χ4v) is 3.85. The van der Waals surface area contributed by atoms with Gasteiger partial charge in [0.05, 0.1) is 23.7 Å². The molecule has 1 heterocycles. The molecule has 0 saturated carbocycles. The van der Waals surface area contributed by atoms with Crippen molar-refractivity contribution in [2.75, 3.05) is 6.54 Å². The van der Waals surface area contributed by atoms with Crippen LogP contribution < -0.4 is 5.32 Å². The van der Waals surface area contributed by atoms with Crippen LogP contribution in [0.4, 0.5) is 0 Å². The second kappa shape index (κ2) is 9.10. The first kappa shape index (κ1) is 21.1. The number of rotatable bonds is 9. The van der Waals surface area contributed by atoms with Crippen LogP contribution in [0.15, 0.2) is 45.9 Å². The van der Waals surface area contributed by atoms with Gasteiger partial charge in [0.15, 0.2) is 0 Å². The van der Waals surface area contributed by atoms with Gasteiger partial charge in [-0.15, -0.1) is 11.8 Å². The van der Waals surface area contributed by atoms with Crippen molar-refractivity contribution in [3.63, 3.8) is 0 Å². The first-order valence-electron chi connectivity index (χ1n) is 8.67. The van der Waals surface area contributed by atoms with Crippen LogP contribution in [0.25, 0.3) is 0 Å². The summed E-state index contributed by atoms with van der Waals surface area (Å²) in [6.45, 7) is 6.16. The summed E-state index contributed by atoms with van der Waals surface area (Å²) in [5.41, 5.74) is 0.430. The maximum absolute atomic E-state index is 12.6. The fraction of sp³-hybridized carbons (Fsp3) is 0.400. The molecule has 6 nitrogen and oxygen atoms in total. The zero-order valence-electron chi connectivity index (χ0n) is 15.7. The van der Waals surface area contributed by atoms with Crippen molar-refractivity contribution in [1.29, 1.82) is 0 Å². The number of carbonyl (C=O) groups excluding carboxylic acids is 1. The Morgan fingerprint density at radius 1 is 1.22 bits per heavy atom. The van der Waals surface area contributed by atoms with Crippen LogP contribution in [0.3, 0.4) is 0 Å². The summed E-state index contributed by atoms with van der Waals surface area (Å²) in [6, 6.07) is 8.59. The minimum Gasteiger partial charge on any atom is -0.478 e. The number of furan rings is 1. The van der Waals surface area contributed by atoms with Crippen molar-refractivity contribution in [1.82, 2.24) is 5.32 Å². The molecular formula is C20H25NO5S. The van der Waals surface area contributed by atoms with Gasteiger partial charge in [-0.1, -0.05) is 26.0 Å². The summed E-state index contributed by atoms with van der Waals surface area (Å²) in [4.78, 5) is 24.5. The number of carboxylic acids is 1. The molecule has 0 aliphatic rings. The largest absolute Gasteiger partial charge is 0.478 e. The van der Waals surface area contributed by atoms with Gasteiger partial charge in [-0.3, -0.25) is 4.79 Å². The smallest absolute Gasteiger partial charge is 0.339 e. The highest BCUT2D eigenvalue weighted by Crippen LogP contribution is 2.28. The van der Waals surface area contributed by atoms with Crippen LogP contribution in [0.2, 0.25) is 0 Å². The lowest BCUT2D eigenvalue weighted by atomic mass is 9.87. The lowest BCUT2D eigenvalue weighted by molar-refractivity contribution is 0.0694. The number of hydrogen-bond donors (Lipinski definition) is 3. The third-order valence-electron chi connectivity index (χ3n) is 4.04. The monoisotopic (exact) mass is 391 g/mol. The van der Waals surface area contributed by atoms with Crippen LogP contribution in [0, 0.1) is 5.41 Å². The molecule has 146 valence electrons. The molecule has 0 spiro atoms. The first-order valence-corrected chi connectivity index (χ1v) is 9.66. The Hall–Kier alpha value is -2.25. The van der Waals surface area contributed by atoms with Gasteiger partial charge in [0.1, 0.15) is 11.3 Å². The molecule has 1 aromatic carbocycles. The molecule has 1 unspecified atom stereocenters. The lowest BCUT2D eigenvalue weighted by Gasteiger charge is -2.26. The highest BCUT2D eigenvalue weighted by molar-refractivity contribution is 7.98. The minimum absolute atomic E-state index is 0.129. The predicted octanol–water partition coefficient (Wildman–Crippen LogP) is 3.80. The summed E-state index contributed by atoms with van der Waals surface area (Å²) >= 11 is 1.35. The van der Waals surface area contributed by atoms with Crippen molar-refractivity contribution in [3.8, 4) is 0 Å². The van der Waals surface area contributed by atoms with Gasteiger partial charge in [-0.2, -0.15) is 0 Å². The third kappa shape index (κ3) is 6.15. The average Bonchev–Trinajstić information content (AvgIpc) is 3.06. The van der Waals surface area contributed by atoms with E-state index in [0.29, 0.717) is 30.0 Å². The van der Waals surface area contributed by atoms with E-state index in [1.165, 1.54) is 24.1 Å². The van der Waals surface area contributed by atoms with Gasteiger partial charge in [0, 0.05) is 11.4 Å². The maximum atomic E-state index is 12.6. The standard InChI is InChI=1S/C20H25NO5S/c1-13(22)10-20(2,3)12-21-18(23)15-6-4-5-7-17(15)27-11-16-14(19(24)25)8-9-26-16/h4-9,13,22H,10-12H2,1-3H3,(H,21,23)(H,24,25). The van der Waals surface area contributed by atoms with Crippen LogP contribution in [-0.2, 0) is 5.75 Å². The number of aliphatic hydroxyl groups excluding tert-OH is 1. The van der Waals surface area contributed by atoms with Crippen molar-refractivity contribution in [2.24, 2.45) is 5.41 Å². The molecule has 0 bridgehead atoms. The van der Waals surface area contributed by atoms with E-state index >= 15 is 0 Å². The van der Waals surface area contributed by atoms with Crippen LogP contribution in [0.5, 0.6) is 0 Å². The number of hydrogen-bond acceptors (Lipinski definition) is 5. The Morgan fingerprint density at radius 3 is 2.59 bits per heavy atom. The normalized spacial score (nSPS) is 12.6. The quantitative estimate of drug-likeness (QED) is 0.562. The van der Waals surface area contributed by atoms with Crippen molar-refractivity contribution < 1.29 is 24.2 Å². The summed E-state index contributed by atoms with van der Waals surface area (Å²) in [5.74, 6) is -0.562. The molecule has 2 aromatic rings. The second-order valence-electron chi connectivity index (χ2n) is 7.25. The van der Waals surface area contributed by atoms with Crippen LogP contribution in [0.1, 0.15) is 53.7 Å². The van der Waals surface area contributed by atoms with Crippen molar-refractivity contribution in [2.45, 2.75) is 43.9 Å². The number of carboxylic acid groups (broad SMARTS) is 1. The Bertz CT molecular complexity index is 797. The fourth-order valence-electron chi connectivity index (χ4n) is 2.85. The number of benzene rings is 1. The molecule has 0 saturated heterocycles. The van der Waals surface area contributed by atoms with E-state index in [-0.39, 0.29) is 16.9 Å². The molecular weight excluding hydrogens is 366 g/mol. The van der Waals surface area contributed by atoms with Gasteiger partial charge in [-0.05, 0) is 37.0 Å². The summed E-state index contributed by atoms with van der Waals surface area (Å²) in [5, 5.41) is 21.6. The Kier molecular flexibility index (Phi) is 7.10. The highest BCUT2D eigenvalue weighted by atomic mass is 32.2. The Balaban J connectivity index is 2.05. The molecule has 0 aliphatic heterocycles. The van der Waals surface area contributed by atoms with E-state index in [9.17, 15) is 14.7 Å². The number of aromatic carboxylic acids is 1. The molecule has 27 heavy (non-hydrogen) atoms. The van der Waals surface area contributed by atoms with Gasteiger partial charge in [0.25, 0.3) is 5.91 Å². The Labute approximate surface area is 163 Å². The van der Waals surface area contributed by atoms with E-state index in [4.69, 9.17) is 9.52 Å². The zero-order chi connectivity index (χ0) is 20.0. The summed E-state index contributed by atoms with van der Waals surface area (Å²) in [7, 11) is 0. The first-order chi connectivity index (χ1) is 12.7. The summed E-state index contributed by atoms with van der Waals surface area (Å²) < 4.78 is 5.25. The summed E-state index contributed by atoms with van der Waals surface area (Å²) in [6.07, 6.45) is 1.50. The highest BCUT2D eigenvalue weighted by Gasteiger charge is 2.22. The van der Waals surface area contributed by atoms with Crippen molar-refractivity contribution >= 4 is 23.6 Å². The Morgan fingerprint density at radius 2 is 1.93 bits per heavy atom. The van der Waals surface area contributed by atoms with Gasteiger partial charge >= 0.3 is 5.97 Å². The number of carbonyl (C=O) groups is 2. The number of aliphatic hydroxyl groups is 1. The molecule has 3 N–H and O–H groups in total. The van der Waals surface area contributed by atoms with Gasteiger partial charge in [-0.25, -0.2) is 4.79 Å². The average molecular weight is 391 g/mol. The van der Waals surface area contributed by atoms with Crippen LogP contribution >= 0.6 is 11.8 Å². The number of amides is 1. The predicted molar refractivity (Wildman–Crippen MR) is 104 cm³/mol. The van der Waals surface area contributed by atoms with E-state index in [1.54, 1.807) is 19.1 Å². The molecule has 0 radical (unpaired) electrons. The van der Waals surface area contributed by atoms with Crippen LogP contribution in [-0.4, -0.2) is 34.7 Å². The third-order valence-corrected chi connectivity index (χ3v) is 5.12. The van der Waals surface area contributed by atoms with E-state index < -0.39 is 12.1 Å². The van der Waals surface area contributed by atoms with Gasteiger partial charge < -0.3 is 19.9 Å². The van der Waals surface area contributed by atoms with Crippen molar-refractivity contribution in [3.05, 3.63) is 53.5 Å². The minimum atomic E-state index is -1.04. The molecule has 2 rings (SSSR count). The molecule has 1 atom stereocenters. The topological polar surface area (TPSA) is 99.8 Å². The molecule has 0 fully saturated rings. The zero-order valence-corrected chi connectivity index (χ0v) is 16.5. The van der Waals surface area contributed by atoms with E-state index in [2.05, 4.69) is 5.32 Å².